The third-order valence-electron chi connectivity index (χ3n) is 2.73. The van der Waals surface area contributed by atoms with Gasteiger partial charge in [0.1, 0.15) is 5.84 Å². The van der Waals surface area contributed by atoms with Gasteiger partial charge in [0.05, 0.1) is 0 Å². The summed E-state index contributed by atoms with van der Waals surface area (Å²) >= 11 is 0. The van der Waals surface area contributed by atoms with E-state index in [1.54, 1.807) is 7.05 Å². The minimum Gasteiger partial charge on any atom is -0.308 e. The predicted octanol–water partition coefficient (Wildman–Crippen LogP) is 1.02. The molecule has 0 fully saturated rings. The van der Waals surface area contributed by atoms with Crippen LogP contribution < -0.4 is 11.3 Å². The molecule has 0 bridgehead atoms. The third-order valence-corrected chi connectivity index (χ3v) is 2.73. The maximum atomic E-state index is 5.38. The minimum absolute atomic E-state index is 0.750. The van der Waals surface area contributed by atoms with Gasteiger partial charge in [-0.05, 0) is 36.5 Å². The zero-order chi connectivity index (χ0) is 9.97. The highest BCUT2D eigenvalue weighted by Gasteiger charge is 2.11. The zero-order valence-corrected chi connectivity index (χ0v) is 8.38. The smallest absolute Gasteiger partial charge is 0.142 e. The average Bonchev–Trinajstić information content (AvgIpc) is 2.66. The van der Waals surface area contributed by atoms with Gasteiger partial charge in [0.25, 0.3) is 0 Å². The maximum Gasteiger partial charge on any atom is 0.142 e. The largest absolute Gasteiger partial charge is 0.308 e. The second-order valence-corrected chi connectivity index (χ2v) is 3.55. The molecule has 0 aliphatic heterocycles. The number of amidine groups is 1. The van der Waals surface area contributed by atoms with Crippen LogP contribution in [0.4, 0.5) is 0 Å². The fourth-order valence-electron chi connectivity index (χ4n) is 2.00. The van der Waals surface area contributed by atoms with Crippen molar-refractivity contribution in [3.63, 3.8) is 0 Å². The van der Waals surface area contributed by atoms with Crippen molar-refractivity contribution < 1.29 is 0 Å². The van der Waals surface area contributed by atoms with E-state index < -0.39 is 0 Å². The number of nitrogens with one attached hydrogen (secondary N) is 1. The van der Waals surface area contributed by atoms with Crippen molar-refractivity contribution in [2.75, 3.05) is 7.05 Å². The van der Waals surface area contributed by atoms with Crippen LogP contribution in [0.3, 0.4) is 0 Å². The van der Waals surface area contributed by atoms with E-state index in [9.17, 15) is 0 Å². The number of hydrogen-bond donors (Lipinski definition) is 2. The summed E-state index contributed by atoms with van der Waals surface area (Å²) < 4.78 is 0. The van der Waals surface area contributed by atoms with Crippen molar-refractivity contribution >= 4 is 5.84 Å². The highest BCUT2D eigenvalue weighted by Crippen LogP contribution is 2.22. The van der Waals surface area contributed by atoms with Gasteiger partial charge in [-0.1, -0.05) is 12.1 Å². The number of hydrazine groups is 1. The molecule has 3 heteroatoms. The Morgan fingerprint density at radius 2 is 2.14 bits per heavy atom. The summed E-state index contributed by atoms with van der Waals surface area (Å²) in [7, 11) is 1.74. The Bertz CT molecular complexity index is 369. The molecule has 0 amide bonds. The molecule has 0 spiro atoms. The van der Waals surface area contributed by atoms with Crippen LogP contribution in [0.2, 0.25) is 0 Å². The molecule has 1 aromatic rings. The quantitative estimate of drug-likeness (QED) is 0.300. The summed E-state index contributed by atoms with van der Waals surface area (Å²) in [6.45, 7) is 0. The van der Waals surface area contributed by atoms with E-state index in [0.29, 0.717) is 0 Å². The first-order valence-corrected chi connectivity index (χ1v) is 4.90. The fraction of sp³-hybridized carbons (Fsp3) is 0.364. The summed E-state index contributed by atoms with van der Waals surface area (Å²) in [5.41, 5.74) is 6.61. The van der Waals surface area contributed by atoms with Gasteiger partial charge in [0.15, 0.2) is 0 Å². The number of hydrogen-bond acceptors (Lipinski definition) is 2. The van der Waals surface area contributed by atoms with E-state index in [4.69, 9.17) is 5.84 Å². The van der Waals surface area contributed by atoms with Gasteiger partial charge in [0, 0.05) is 12.6 Å². The number of rotatable bonds is 1. The summed E-state index contributed by atoms with van der Waals surface area (Å²) in [5, 5.41) is 0. The first-order valence-electron chi connectivity index (χ1n) is 4.90. The van der Waals surface area contributed by atoms with Gasteiger partial charge >= 0.3 is 0 Å². The molecule has 0 atom stereocenters. The molecule has 3 nitrogen and oxygen atoms in total. The highest BCUT2D eigenvalue weighted by molar-refractivity contribution is 5.98. The van der Waals surface area contributed by atoms with Crippen molar-refractivity contribution in [1.82, 2.24) is 5.43 Å². The summed E-state index contributed by atoms with van der Waals surface area (Å²) in [6.07, 6.45) is 3.67. The van der Waals surface area contributed by atoms with Crippen LogP contribution in [0.25, 0.3) is 0 Å². The predicted molar refractivity (Wildman–Crippen MR) is 58.3 cm³/mol. The Balaban J connectivity index is 2.37. The number of aliphatic imine (C=N–C) groups is 1. The van der Waals surface area contributed by atoms with Crippen LogP contribution in [-0.2, 0) is 12.8 Å². The Labute approximate surface area is 84.0 Å². The molecule has 74 valence electrons. The lowest BCUT2D eigenvalue weighted by atomic mass is 10.1. The number of aryl methyl sites for hydroxylation is 2. The van der Waals surface area contributed by atoms with E-state index in [1.807, 2.05) is 0 Å². The topological polar surface area (TPSA) is 50.4 Å². The van der Waals surface area contributed by atoms with Crippen molar-refractivity contribution in [3.8, 4) is 0 Å². The molecule has 14 heavy (non-hydrogen) atoms. The van der Waals surface area contributed by atoms with Crippen LogP contribution in [-0.4, -0.2) is 12.9 Å². The van der Waals surface area contributed by atoms with Crippen molar-refractivity contribution in [2.24, 2.45) is 10.8 Å². The standard InChI is InChI=1S/C11H15N3/c1-13-11(14-12)10-6-5-8-3-2-4-9(8)7-10/h5-7H,2-4,12H2,1H3,(H,13,14). The molecule has 2 rings (SSSR count). The maximum absolute atomic E-state index is 5.38. The SMILES string of the molecule is CN=C(NN)c1ccc2c(c1)CCC2. The van der Waals surface area contributed by atoms with E-state index in [-0.39, 0.29) is 0 Å². The number of nitrogens with zero attached hydrogens (tertiary/aromatic N) is 1. The van der Waals surface area contributed by atoms with E-state index in [1.165, 1.54) is 30.4 Å². The Morgan fingerprint density at radius 1 is 1.36 bits per heavy atom. The summed E-state index contributed by atoms with van der Waals surface area (Å²) in [4.78, 5) is 4.08. The minimum atomic E-state index is 0.750. The van der Waals surface area contributed by atoms with Crippen molar-refractivity contribution in [2.45, 2.75) is 19.3 Å². The molecule has 0 aromatic heterocycles. The van der Waals surface area contributed by atoms with Gasteiger partial charge in [0.2, 0.25) is 0 Å². The van der Waals surface area contributed by atoms with Gasteiger partial charge in [-0.25, -0.2) is 5.84 Å². The number of benzene rings is 1. The van der Waals surface area contributed by atoms with Crippen LogP contribution in [0.5, 0.6) is 0 Å². The molecular weight excluding hydrogens is 174 g/mol. The second-order valence-electron chi connectivity index (χ2n) is 3.55. The van der Waals surface area contributed by atoms with E-state index >= 15 is 0 Å². The van der Waals surface area contributed by atoms with Gasteiger partial charge in [-0.2, -0.15) is 0 Å². The second kappa shape index (κ2) is 3.80. The van der Waals surface area contributed by atoms with Gasteiger partial charge < -0.3 is 5.43 Å². The fourth-order valence-corrected chi connectivity index (χ4v) is 2.00. The van der Waals surface area contributed by atoms with Crippen molar-refractivity contribution in [3.05, 3.63) is 34.9 Å². The average molecular weight is 189 g/mol. The lowest BCUT2D eigenvalue weighted by molar-refractivity contribution is 0.911. The molecule has 0 unspecified atom stereocenters. The Morgan fingerprint density at radius 3 is 2.86 bits per heavy atom. The molecule has 0 heterocycles. The molecule has 0 saturated carbocycles. The van der Waals surface area contributed by atoms with Gasteiger partial charge in [-0.15, -0.1) is 0 Å². The van der Waals surface area contributed by atoms with Crippen LogP contribution in [0.1, 0.15) is 23.1 Å². The molecule has 3 N–H and O–H groups in total. The first-order chi connectivity index (χ1) is 6.85. The number of fused-ring (bicyclic) bond motifs is 1. The third kappa shape index (κ3) is 1.51. The highest BCUT2D eigenvalue weighted by atomic mass is 15.2. The zero-order valence-electron chi connectivity index (χ0n) is 8.38. The molecule has 1 aromatic carbocycles. The number of nitrogens with two attached hydrogens (primary N) is 1. The lowest BCUT2D eigenvalue weighted by Gasteiger charge is -2.06. The summed E-state index contributed by atoms with van der Waals surface area (Å²) in [5.74, 6) is 6.13. The van der Waals surface area contributed by atoms with Crippen molar-refractivity contribution in [1.29, 1.82) is 0 Å². The van der Waals surface area contributed by atoms with Gasteiger partial charge in [-0.3, -0.25) is 4.99 Å². The van der Waals surface area contributed by atoms with Crippen LogP contribution in [0.15, 0.2) is 23.2 Å². The molecule has 0 saturated heterocycles. The Kier molecular flexibility index (Phi) is 2.50. The van der Waals surface area contributed by atoms with Crippen LogP contribution >= 0.6 is 0 Å². The molecule has 1 aliphatic rings. The lowest BCUT2D eigenvalue weighted by Crippen LogP contribution is -2.31. The van der Waals surface area contributed by atoms with E-state index in [2.05, 4.69) is 28.6 Å². The molecule has 1 aliphatic carbocycles. The summed E-state index contributed by atoms with van der Waals surface area (Å²) in [6, 6.07) is 6.44. The van der Waals surface area contributed by atoms with E-state index in [0.717, 1.165) is 11.4 Å². The van der Waals surface area contributed by atoms with Crippen LogP contribution in [0, 0.1) is 0 Å². The molecule has 0 radical (unpaired) electrons. The Hall–Kier alpha value is -1.35. The first kappa shape index (κ1) is 9.21. The normalized spacial score (nSPS) is 15.4. The monoisotopic (exact) mass is 189 g/mol. The molecular formula is C11H15N3.